The van der Waals surface area contributed by atoms with Crippen LogP contribution in [0.15, 0.2) is 0 Å². The molecule has 0 saturated heterocycles. The average Bonchev–Trinajstić information content (AvgIpc) is 1.85. The first-order valence-electron chi connectivity index (χ1n) is 3.78. The molecule has 62 valence electrons. The summed E-state index contributed by atoms with van der Waals surface area (Å²) < 4.78 is 5.37. The Morgan fingerprint density at radius 2 is 2.00 bits per heavy atom. The summed E-state index contributed by atoms with van der Waals surface area (Å²) >= 11 is 0. The zero-order valence-electron chi connectivity index (χ0n) is 7.48. The maximum absolute atomic E-state index is 5.62. The molecule has 2 N–H and O–H groups in total. The van der Waals surface area contributed by atoms with E-state index in [-0.39, 0.29) is 0 Å². The molecule has 1 unspecified atom stereocenters. The van der Waals surface area contributed by atoms with Crippen molar-refractivity contribution in [3.05, 3.63) is 0 Å². The highest BCUT2D eigenvalue weighted by Crippen LogP contribution is 2.12. The predicted molar refractivity (Wildman–Crippen MR) is 47.6 cm³/mol. The van der Waals surface area contributed by atoms with Crippen LogP contribution in [-0.4, -0.2) is 21.5 Å². The summed E-state index contributed by atoms with van der Waals surface area (Å²) in [5.41, 5.74) is 5.62. The van der Waals surface area contributed by atoms with Gasteiger partial charge in [-0.3, -0.25) is 0 Å². The van der Waals surface area contributed by atoms with Gasteiger partial charge in [0.05, 0.1) is 0 Å². The van der Waals surface area contributed by atoms with Crippen molar-refractivity contribution < 1.29 is 4.43 Å². The second kappa shape index (κ2) is 4.11. The van der Waals surface area contributed by atoms with Gasteiger partial charge in [0.25, 0.3) is 0 Å². The van der Waals surface area contributed by atoms with E-state index in [1.165, 1.54) is 6.04 Å². The van der Waals surface area contributed by atoms with Crippen LogP contribution < -0.4 is 5.73 Å². The van der Waals surface area contributed by atoms with Gasteiger partial charge < -0.3 is 10.2 Å². The van der Waals surface area contributed by atoms with Crippen LogP contribution >= 0.6 is 0 Å². The number of nitrogens with two attached hydrogens (primary N) is 1. The molecule has 3 heteroatoms. The second-order valence-corrected chi connectivity index (χ2v) is 7.91. The zero-order chi connectivity index (χ0) is 8.20. The standard InChI is InChI=1S/C7H19NOSi/c1-7(8)5-6-10(3,4)9-2/h7H,5-6,8H2,1-4H3. The van der Waals surface area contributed by atoms with E-state index in [4.69, 9.17) is 10.2 Å². The Morgan fingerprint density at radius 3 is 2.30 bits per heavy atom. The van der Waals surface area contributed by atoms with Crippen LogP contribution in [0.25, 0.3) is 0 Å². The number of hydrogen-bond donors (Lipinski definition) is 1. The van der Waals surface area contributed by atoms with Crippen molar-refractivity contribution in [3.63, 3.8) is 0 Å². The summed E-state index contributed by atoms with van der Waals surface area (Å²) in [6, 6.07) is 1.49. The van der Waals surface area contributed by atoms with Crippen molar-refractivity contribution in [3.8, 4) is 0 Å². The Bertz CT molecular complexity index is 93.6. The topological polar surface area (TPSA) is 35.2 Å². The fourth-order valence-electron chi connectivity index (χ4n) is 0.677. The molecule has 0 rings (SSSR count). The van der Waals surface area contributed by atoms with E-state index in [0.717, 1.165) is 6.42 Å². The van der Waals surface area contributed by atoms with E-state index in [1.54, 1.807) is 7.11 Å². The third-order valence-electron chi connectivity index (χ3n) is 1.75. The zero-order valence-corrected chi connectivity index (χ0v) is 8.48. The second-order valence-electron chi connectivity index (χ2n) is 3.48. The van der Waals surface area contributed by atoms with Gasteiger partial charge in [0.2, 0.25) is 0 Å². The van der Waals surface area contributed by atoms with Gasteiger partial charge in [0.1, 0.15) is 0 Å². The molecule has 0 aromatic rings. The third kappa shape index (κ3) is 4.96. The van der Waals surface area contributed by atoms with E-state index in [2.05, 4.69) is 13.1 Å². The SMILES string of the molecule is CO[Si](C)(C)CCC(C)N. The third-order valence-corrected chi connectivity index (χ3v) is 4.35. The molecular formula is C7H19NOSi. The average molecular weight is 161 g/mol. The van der Waals surface area contributed by atoms with Crippen molar-refractivity contribution >= 4 is 8.32 Å². The monoisotopic (exact) mass is 161 g/mol. The summed E-state index contributed by atoms with van der Waals surface area (Å²) in [6.45, 7) is 6.48. The minimum Gasteiger partial charge on any atom is -0.420 e. The van der Waals surface area contributed by atoms with Gasteiger partial charge in [-0.05, 0) is 32.5 Å². The Balaban J connectivity index is 3.46. The van der Waals surface area contributed by atoms with Crippen LogP contribution in [0.2, 0.25) is 19.1 Å². The fourth-order valence-corrected chi connectivity index (χ4v) is 2.03. The number of rotatable bonds is 4. The van der Waals surface area contributed by atoms with Crippen LogP contribution in [-0.2, 0) is 4.43 Å². The lowest BCUT2D eigenvalue weighted by molar-refractivity contribution is 0.400. The summed E-state index contributed by atoms with van der Waals surface area (Å²) in [4.78, 5) is 0. The van der Waals surface area contributed by atoms with Gasteiger partial charge in [0, 0.05) is 13.2 Å². The summed E-state index contributed by atoms with van der Waals surface area (Å²) in [5.74, 6) is 0. The van der Waals surface area contributed by atoms with Gasteiger partial charge in [-0.25, -0.2) is 0 Å². The molecule has 0 fully saturated rings. The van der Waals surface area contributed by atoms with Crippen LogP contribution in [0.5, 0.6) is 0 Å². The van der Waals surface area contributed by atoms with Gasteiger partial charge >= 0.3 is 0 Å². The van der Waals surface area contributed by atoms with Crippen molar-refractivity contribution in [1.29, 1.82) is 0 Å². The lowest BCUT2D eigenvalue weighted by Crippen LogP contribution is -2.30. The highest BCUT2D eigenvalue weighted by molar-refractivity contribution is 6.71. The predicted octanol–water partition coefficient (Wildman–Crippen LogP) is 1.58. The lowest BCUT2D eigenvalue weighted by atomic mass is 10.3. The quantitative estimate of drug-likeness (QED) is 0.635. The molecule has 0 spiro atoms. The fraction of sp³-hybridized carbons (Fsp3) is 1.00. The highest BCUT2D eigenvalue weighted by Gasteiger charge is 2.19. The van der Waals surface area contributed by atoms with Crippen molar-refractivity contribution in [2.45, 2.75) is 38.5 Å². The van der Waals surface area contributed by atoms with E-state index < -0.39 is 8.32 Å². The molecule has 0 aliphatic heterocycles. The maximum atomic E-state index is 5.62. The van der Waals surface area contributed by atoms with Crippen molar-refractivity contribution in [2.24, 2.45) is 5.73 Å². The van der Waals surface area contributed by atoms with Crippen molar-refractivity contribution in [2.75, 3.05) is 7.11 Å². The van der Waals surface area contributed by atoms with Crippen LogP contribution in [0, 0.1) is 0 Å². The molecule has 0 aromatic carbocycles. The molecule has 0 aliphatic carbocycles. The molecule has 0 saturated carbocycles. The normalized spacial score (nSPS) is 15.3. The van der Waals surface area contributed by atoms with Crippen LogP contribution in [0.3, 0.4) is 0 Å². The molecular weight excluding hydrogens is 142 g/mol. The van der Waals surface area contributed by atoms with E-state index in [1.807, 2.05) is 6.92 Å². The molecule has 1 atom stereocenters. The summed E-state index contributed by atoms with van der Waals surface area (Å²) in [6.07, 6.45) is 1.09. The van der Waals surface area contributed by atoms with Crippen LogP contribution in [0.1, 0.15) is 13.3 Å². The van der Waals surface area contributed by atoms with E-state index in [0.29, 0.717) is 6.04 Å². The highest BCUT2D eigenvalue weighted by atomic mass is 28.4. The summed E-state index contributed by atoms with van der Waals surface area (Å²) in [7, 11) is 0.479. The first-order valence-corrected chi connectivity index (χ1v) is 6.90. The Morgan fingerprint density at radius 1 is 1.50 bits per heavy atom. The molecule has 2 nitrogen and oxygen atoms in total. The van der Waals surface area contributed by atoms with E-state index in [9.17, 15) is 0 Å². The summed E-state index contributed by atoms with van der Waals surface area (Å²) in [5, 5.41) is 0. The molecule has 0 aromatic heterocycles. The van der Waals surface area contributed by atoms with Gasteiger partial charge in [-0.1, -0.05) is 0 Å². The largest absolute Gasteiger partial charge is 0.420 e. The molecule has 0 heterocycles. The van der Waals surface area contributed by atoms with Gasteiger partial charge in [0.15, 0.2) is 8.32 Å². The Hall–Kier alpha value is 0.137. The minimum absolute atomic E-state index is 0.321. The molecule has 0 aliphatic rings. The molecule has 10 heavy (non-hydrogen) atoms. The van der Waals surface area contributed by atoms with Gasteiger partial charge in [-0.2, -0.15) is 0 Å². The minimum atomic E-state index is -1.32. The Labute approximate surface area is 64.9 Å². The maximum Gasteiger partial charge on any atom is 0.186 e. The lowest BCUT2D eigenvalue weighted by Gasteiger charge is -2.20. The first-order chi connectivity index (χ1) is 4.48. The smallest absolute Gasteiger partial charge is 0.186 e. The first kappa shape index (κ1) is 10.1. The molecule has 0 bridgehead atoms. The van der Waals surface area contributed by atoms with Crippen LogP contribution in [0.4, 0.5) is 0 Å². The van der Waals surface area contributed by atoms with Crippen molar-refractivity contribution in [1.82, 2.24) is 0 Å². The van der Waals surface area contributed by atoms with Gasteiger partial charge in [-0.15, -0.1) is 0 Å². The molecule has 0 amide bonds. The Kier molecular flexibility index (Phi) is 4.16. The molecule has 0 radical (unpaired) electrons. The van der Waals surface area contributed by atoms with E-state index >= 15 is 0 Å². The number of hydrogen-bond acceptors (Lipinski definition) is 2.